The third-order valence-corrected chi connectivity index (χ3v) is 4.08. The van der Waals surface area contributed by atoms with Crippen LogP contribution in [0.3, 0.4) is 0 Å². The van der Waals surface area contributed by atoms with Crippen molar-refractivity contribution in [3.63, 3.8) is 0 Å². The Kier molecular flexibility index (Phi) is 4.94. The molecule has 2 rings (SSSR count). The first kappa shape index (κ1) is 14.5. The average Bonchev–Trinajstić information content (AvgIpc) is 2.87. The van der Waals surface area contributed by atoms with Crippen LogP contribution in [-0.4, -0.2) is 32.8 Å². The van der Waals surface area contributed by atoms with E-state index in [0.29, 0.717) is 6.04 Å². The van der Waals surface area contributed by atoms with Gasteiger partial charge in [0.05, 0.1) is 12.8 Å². The molecule has 3 nitrogen and oxygen atoms in total. The summed E-state index contributed by atoms with van der Waals surface area (Å²) >= 11 is 6.16. The first-order chi connectivity index (χ1) is 9.15. The molecule has 0 bridgehead atoms. The highest BCUT2D eigenvalue weighted by Crippen LogP contribution is 2.35. The summed E-state index contributed by atoms with van der Waals surface area (Å²) in [5.41, 5.74) is 2.26. The zero-order valence-corrected chi connectivity index (χ0v) is 12.8. The van der Waals surface area contributed by atoms with Gasteiger partial charge in [0, 0.05) is 30.2 Å². The molecule has 1 saturated heterocycles. The fraction of sp³-hybridized carbons (Fsp3) is 0.600. The molecular formula is C15H23ClN2O. The minimum Gasteiger partial charge on any atom is -0.495 e. The molecule has 1 aliphatic heterocycles. The summed E-state index contributed by atoms with van der Waals surface area (Å²) in [5, 5.41) is 4.35. The second-order valence-corrected chi connectivity index (χ2v) is 5.57. The van der Waals surface area contributed by atoms with Crippen LogP contribution in [0.4, 0.5) is 5.69 Å². The number of ether oxygens (including phenoxy) is 1. The number of hydrogen-bond donors (Lipinski definition) is 1. The van der Waals surface area contributed by atoms with Crippen molar-refractivity contribution in [2.75, 3.05) is 31.6 Å². The minimum absolute atomic E-state index is 0.584. The normalized spacial score (nSPS) is 18.9. The summed E-state index contributed by atoms with van der Waals surface area (Å²) in [7, 11) is 1.70. The zero-order chi connectivity index (χ0) is 13.8. The smallest absolute Gasteiger partial charge is 0.143 e. The van der Waals surface area contributed by atoms with Gasteiger partial charge in [-0.05, 0) is 37.9 Å². The van der Waals surface area contributed by atoms with Gasteiger partial charge >= 0.3 is 0 Å². The molecule has 0 saturated carbocycles. The van der Waals surface area contributed by atoms with Crippen molar-refractivity contribution < 1.29 is 4.74 Å². The van der Waals surface area contributed by atoms with Gasteiger partial charge in [-0.25, -0.2) is 0 Å². The fourth-order valence-electron chi connectivity index (χ4n) is 2.55. The van der Waals surface area contributed by atoms with Gasteiger partial charge in [0.15, 0.2) is 0 Å². The van der Waals surface area contributed by atoms with Crippen molar-refractivity contribution in [2.24, 2.45) is 0 Å². The number of nitrogens with zero attached hydrogens (tertiary/aromatic N) is 1. The van der Waals surface area contributed by atoms with Crippen LogP contribution < -0.4 is 15.0 Å². The molecule has 1 aliphatic rings. The van der Waals surface area contributed by atoms with Crippen LogP contribution in [0.1, 0.15) is 25.3 Å². The fourth-order valence-corrected chi connectivity index (χ4v) is 2.71. The quantitative estimate of drug-likeness (QED) is 0.897. The van der Waals surface area contributed by atoms with E-state index in [4.69, 9.17) is 16.3 Å². The van der Waals surface area contributed by atoms with E-state index in [-0.39, 0.29) is 0 Å². The third kappa shape index (κ3) is 3.34. The summed E-state index contributed by atoms with van der Waals surface area (Å²) in [6, 6.07) is 4.63. The number of methoxy groups -OCH3 is 1. The van der Waals surface area contributed by atoms with Crippen LogP contribution in [0.5, 0.6) is 5.75 Å². The van der Waals surface area contributed by atoms with E-state index in [2.05, 4.69) is 23.2 Å². The van der Waals surface area contributed by atoms with Gasteiger partial charge in [0.2, 0.25) is 0 Å². The topological polar surface area (TPSA) is 24.5 Å². The molecule has 1 heterocycles. The lowest BCUT2D eigenvalue weighted by atomic mass is 10.2. The average molecular weight is 283 g/mol. The molecule has 1 N–H and O–H groups in total. The van der Waals surface area contributed by atoms with Crippen molar-refractivity contribution in [1.82, 2.24) is 5.32 Å². The lowest BCUT2D eigenvalue weighted by Crippen LogP contribution is -2.33. The Bertz CT molecular complexity index is 436. The Morgan fingerprint density at radius 1 is 1.47 bits per heavy atom. The van der Waals surface area contributed by atoms with Crippen LogP contribution in [-0.2, 0) is 0 Å². The van der Waals surface area contributed by atoms with Gasteiger partial charge in [0.1, 0.15) is 5.75 Å². The monoisotopic (exact) mass is 282 g/mol. The van der Waals surface area contributed by atoms with E-state index < -0.39 is 0 Å². The van der Waals surface area contributed by atoms with Crippen molar-refractivity contribution in [3.8, 4) is 5.75 Å². The molecule has 0 amide bonds. The highest BCUT2D eigenvalue weighted by molar-refractivity contribution is 6.31. The highest BCUT2D eigenvalue weighted by Gasteiger charge is 2.24. The van der Waals surface area contributed by atoms with Crippen molar-refractivity contribution in [3.05, 3.63) is 22.7 Å². The van der Waals surface area contributed by atoms with Crippen molar-refractivity contribution in [1.29, 1.82) is 0 Å². The van der Waals surface area contributed by atoms with E-state index in [0.717, 1.165) is 41.7 Å². The molecule has 0 aliphatic carbocycles. The Hall–Kier alpha value is -0.930. The molecule has 0 radical (unpaired) electrons. The number of anilines is 1. The molecule has 1 aromatic rings. The van der Waals surface area contributed by atoms with Crippen molar-refractivity contribution in [2.45, 2.75) is 32.7 Å². The molecule has 0 spiro atoms. The lowest BCUT2D eigenvalue weighted by molar-refractivity contribution is 0.414. The van der Waals surface area contributed by atoms with E-state index in [1.165, 1.54) is 12.8 Å². The number of rotatable bonds is 5. The van der Waals surface area contributed by atoms with Gasteiger partial charge in [-0.15, -0.1) is 0 Å². The molecule has 1 aromatic carbocycles. The molecule has 1 unspecified atom stereocenters. The van der Waals surface area contributed by atoms with Gasteiger partial charge in [-0.1, -0.05) is 18.5 Å². The molecule has 4 heteroatoms. The zero-order valence-electron chi connectivity index (χ0n) is 12.0. The predicted molar refractivity (Wildman–Crippen MR) is 81.7 cm³/mol. The second kappa shape index (κ2) is 6.49. The minimum atomic E-state index is 0.584. The van der Waals surface area contributed by atoms with Gasteiger partial charge < -0.3 is 15.0 Å². The van der Waals surface area contributed by atoms with E-state index in [1.807, 2.05) is 13.0 Å². The van der Waals surface area contributed by atoms with Gasteiger partial charge in [-0.3, -0.25) is 0 Å². The summed E-state index contributed by atoms with van der Waals surface area (Å²) in [5.74, 6) is 0.867. The Morgan fingerprint density at radius 3 is 2.95 bits per heavy atom. The van der Waals surface area contributed by atoms with E-state index >= 15 is 0 Å². The lowest BCUT2D eigenvalue weighted by Gasteiger charge is -2.22. The number of nitrogens with one attached hydrogen (secondary N) is 1. The van der Waals surface area contributed by atoms with Crippen LogP contribution in [0.15, 0.2) is 12.1 Å². The molecule has 19 heavy (non-hydrogen) atoms. The van der Waals surface area contributed by atoms with E-state index in [1.54, 1.807) is 7.11 Å². The Morgan fingerprint density at radius 2 is 2.26 bits per heavy atom. The number of halogens is 1. The highest BCUT2D eigenvalue weighted by atomic mass is 35.5. The molecule has 106 valence electrons. The summed E-state index contributed by atoms with van der Waals surface area (Å²) < 4.78 is 5.46. The number of hydrogen-bond acceptors (Lipinski definition) is 3. The predicted octanol–water partition coefficient (Wildman–Crippen LogP) is 3.24. The molecular weight excluding hydrogens is 260 g/mol. The first-order valence-corrected chi connectivity index (χ1v) is 7.36. The van der Waals surface area contributed by atoms with E-state index in [9.17, 15) is 0 Å². The van der Waals surface area contributed by atoms with Crippen LogP contribution in [0, 0.1) is 6.92 Å². The molecule has 0 aromatic heterocycles. The summed E-state index contributed by atoms with van der Waals surface area (Å²) in [6.07, 6.45) is 2.37. The van der Waals surface area contributed by atoms with Crippen LogP contribution in [0.25, 0.3) is 0 Å². The Balaban J connectivity index is 2.12. The van der Waals surface area contributed by atoms with Gasteiger partial charge in [-0.2, -0.15) is 0 Å². The van der Waals surface area contributed by atoms with Crippen LogP contribution >= 0.6 is 11.6 Å². The molecule has 1 fully saturated rings. The largest absolute Gasteiger partial charge is 0.495 e. The third-order valence-electron chi connectivity index (χ3n) is 3.67. The van der Waals surface area contributed by atoms with Crippen molar-refractivity contribution >= 4 is 17.3 Å². The SMILES string of the molecule is CCCNC1CCN(c2cc(C)c(Cl)cc2OC)C1. The standard InChI is InChI=1S/C15H23ClN2O/c1-4-6-17-12-5-7-18(10-12)14-8-11(2)13(16)9-15(14)19-3/h8-9,12,17H,4-7,10H2,1-3H3. The first-order valence-electron chi connectivity index (χ1n) is 6.98. The number of aryl methyl sites for hydroxylation is 1. The van der Waals surface area contributed by atoms with Gasteiger partial charge in [0.25, 0.3) is 0 Å². The van der Waals surface area contributed by atoms with Crippen LogP contribution in [0.2, 0.25) is 5.02 Å². The summed E-state index contributed by atoms with van der Waals surface area (Å²) in [6.45, 7) is 7.44. The maximum absolute atomic E-state index is 6.16. The second-order valence-electron chi connectivity index (χ2n) is 5.16. The summed E-state index contributed by atoms with van der Waals surface area (Å²) in [4.78, 5) is 2.38. The Labute approximate surface area is 120 Å². The molecule has 1 atom stereocenters. The maximum atomic E-state index is 6.16. The maximum Gasteiger partial charge on any atom is 0.143 e. The number of benzene rings is 1.